The van der Waals surface area contributed by atoms with Gasteiger partial charge in [0.05, 0.1) is 38.0 Å². The number of carbonyl (C=O) groups excluding carboxylic acids is 4. The molecule has 0 aliphatic carbocycles. The van der Waals surface area contributed by atoms with Gasteiger partial charge in [-0.3, -0.25) is 19.2 Å². The van der Waals surface area contributed by atoms with Crippen molar-refractivity contribution < 1.29 is 37.9 Å². The third-order valence-electron chi connectivity index (χ3n) is 10.8. The van der Waals surface area contributed by atoms with Gasteiger partial charge in [-0.1, -0.05) is 49.4 Å². The van der Waals surface area contributed by atoms with E-state index in [0.29, 0.717) is 48.3 Å². The zero-order valence-corrected chi connectivity index (χ0v) is 30.6. The maximum Gasteiger partial charge on any atom is 0.305 e. The van der Waals surface area contributed by atoms with Crippen LogP contribution in [0, 0.1) is 5.92 Å². The standard InChI is InChI=1S/C39H46FN3O7Si/c1-25-36(51(3,4)40)33(22-34(45)43-23-28-15-9-8-14-27(28)20-30(43)24-44)50-39(25)31-21-29(41-37(47)26-12-6-5-7-13-26)17-18-32(31)42(38(39)48)19-11-10-16-35(46)49-2/h5-9,12-15,17-18,21,25,30,33,36,44H,10-11,16,19-20,22-24H2,1-4H3,(H,41,47)/t25-,30+,33+,36-,39+/m1/s1. The molecule has 3 aliphatic heterocycles. The predicted molar refractivity (Wildman–Crippen MR) is 193 cm³/mol. The Hall–Kier alpha value is -4.39. The fourth-order valence-corrected chi connectivity index (χ4v) is 10.8. The van der Waals surface area contributed by atoms with Crippen molar-refractivity contribution in [3.05, 3.63) is 95.1 Å². The van der Waals surface area contributed by atoms with Gasteiger partial charge in [-0.25, -0.2) is 0 Å². The monoisotopic (exact) mass is 715 g/mol. The minimum absolute atomic E-state index is 0.151. The summed E-state index contributed by atoms with van der Waals surface area (Å²) < 4.78 is 28.2. The maximum absolute atomic E-state index is 16.5. The molecule has 3 aliphatic rings. The third-order valence-corrected chi connectivity index (χ3v) is 13.2. The van der Waals surface area contributed by atoms with Crippen LogP contribution in [0.4, 0.5) is 15.5 Å². The Labute approximate surface area is 299 Å². The highest BCUT2D eigenvalue weighted by Gasteiger charge is 2.67. The molecular formula is C39H46FN3O7Si. The molecule has 0 aromatic heterocycles. The molecule has 3 heterocycles. The molecule has 0 bridgehead atoms. The maximum atomic E-state index is 16.5. The fourth-order valence-electron chi connectivity index (χ4n) is 8.31. The molecule has 2 N–H and O–H groups in total. The second-order valence-electron chi connectivity index (χ2n) is 14.3. The number of unbranched alkanes of at least 4 members (excludes halogenated alkanes) is 1. The van der Waals surface area contributed by atoms with E-state index in [9.17, 15) is 24.3 Å². The summed E-state index contributed by atoms with van der Waals surface area (Å²) in [5.74, 6) is -1.93. The predicted octanol–water partition coefficient (Wildman–Crippen LogP) is 5.74. The molecule has 10 nitrogen and oxygen atoms in total. The van der Waals surface area contributed by atoms with Crippen LogP contribution in [0.3, 0.4) is 0 Å². The second kappa shape index (κ2) is 14.7. The number of anilines is 2. The van der Waals surface area contributed by atoms with Gasteiger partial charge in [0.25, 0.3) is 11.8 Å². The van der Waals surface area contributed by atoms with Crippen LogP contribution in [0.5, 0.6) is 0 Å². The first kappa shape index (κ1) is 36.4. The van der Waals surface area contributed by atoms with Crippen molar-refractivity contribution in [3.63, 3.8) is 0 Å². The molecule has 3 amide bonds. The first-order chi connectivity index (χ1) is 24.4. The number of carbonyl (C=O) groups is 4. The number of hydrogen-bond acceptors (Lipinski definition) is 7. The lowest BCUT2D eigenvalue weighted by molar-refractivity contribution is -0.151. The lowest BCUT2D eigenvalue weighted by atomic mass is 9.82. The Morgan fingerprint density at radius 3 is 2.43 bits per heavy atom. The van der Waals surface area contributed by atoms with E-state index in [2.05, 4.69) is 5.32 Å². The zero-order chi connectivity index (χ0) is 36.5. The smallest absolute Gasteiger partial charge is 0.305 e. The van der Waals surface area contributed by atoms with Crippen LogP contribution in [0.1, 0.15) is 59.7 Å². The van der Waals surface area contributed by atoms with Crippen LogP contribution in [0.15, 0.2) is 72.8 Å². The van der Waals surface area contributed by atoms with Gasteiger partial charge in [0.1, 0.15) is 0 Å². The number of amides is 3. The number of hydrogen-bond donors (Lipinski definition) is 2. The Morgan fingerprint density at radius 1 is 1.04 bits per heavy atom. The molecular weight excluding hydrogens is 670 g/mol. The summed E-state index contributed by atoms with van der Waals surface area (Å²) in [7, 11) is -2.25. The molecule has 3 aromatic carbocycles. The molecule has 5 atom stereocenters. The molecule has 6 rings (SSSR count). The molecule has 1 saturated heterocycles. The van der Waals surface area contributed by atoms with Crippen LogP contribution in [-0.4, -0.2) is 74.5 Å². The highest BCUT2D eigenvalue weighted by molar-refractivity contribution is 6.72. The number of nitrogens with zero attached hydrogens (tertiary/aromatic N) is 2. The second-order valence-corrected chi connectivity index (χ2v) is 18.1. The molecule has 0 saturated carbocycles. The number of fused-ring (bicyclic) bond motifs is 3. The lowest BCUT2D eigenvalue weighted by Gasteiger charge is -2.37. The summed E-state index contributed by atoms with van der Waals surface area (Å²) in [4.78, 5) is 57.1. The van der Waals surface area contributed by atoms with E-state index in [1.807, 2.05) is 37.3 Å². The minimum atomic E-state index is -3.58. The van der Waals surface area contributed by atoms with Crippen molar-refractivity contribution in [2.45, 2.75) is 82.0 Å². The molecule has 0 radical (unpaired) electrons. The summed E-state index contributed by atoms with van der Waals surface area (Å²) in [5, 5.41) is 13.2. The molecule has 12 heteroatoms. The number of benzene rings is 3. The molecule has 51 heavy (non-hydrogen) atoms. The summed E-state index contributed by atoms with van der Waals surface area (Å²) in [6.07, 6.45) is 0.653. The van der Waals surface area contributed by atoms with Crippen LogP contribution in [0.2, 0.25) is 18.6 Å². The average molecular weight is 716 g/mol. The van der Waals surface area contributed by atoms with E-state index in [1.165, 1.54) is 7.11 Å². The van der Waals surface area contributed by atoms with Gasteiger partial charge < -0.3 is 33.8 Å². The van der Waals surface area contributed by atoms with E-state index < -0.39 is 37.6 Å². The Balaban J connectivity index is 1.34. The average Bonchev–Trinajstić information content (AvgIpc) is 3.55. The van der Waals surface area contributed by atoms with Crippen LogP contribution in [0.25, 0.3) is 0 Å². The largest absolute Gasteiger partial charge is 0.469 e. The number of ether oxygens (including phenoxy) is 2. The number of aliphatic hydroxyl groups excluding tert-OH is 1. The summed E-state index contributed by atoms with van der Waals surface area (Å²) >= 11 is 0. The van der Waals surface area contributed by atoms with Crippen molar-refractivity contribution in [3.8, 4) is 0 Å². The number of halogens is 1. The van der Waals surface area contributed by atoms with Crippen molar-refractivity contribution >= 4 is 43.5 Å². The third kappa shape index (κ3) is 6.96. The number of esters is 1. The van der Waals surface area contributed by atoms with Gasteiger partial charge in [0.2, 0.25) is 14.3 Å². The van der Waals surface area contributed by atoms with E-state index in [1.54, 1.807) is 65.4 Å². The van der Waals surface area contributed by atoms with Crippen LogP contribution >= 0.6 is 0 Å². The topological polar surface area (TPSA) is 125 Å². The first-order valence-corrected chi connectivity index (χ1v) is 20.6. The first-order valence-electron chi connectivity index (χ1n) is 17.6. The Bertz CT molecular complexity index is 1800. The van der Waals surface area contributed by atoms with Gasteiger partial charge in [-0.15, -0.1) is 0 Å². The highest BCUT2D eigenvalue weighted by Crippen LogP contribution is 2.60. The molecule has 3 aromatic rings. The number of nitrogens with one attached hydrogen (secondary N) is 1. The van der Waals surface area contributed by atoms with Crippen molar-refractivity contribution in [1.82, 2.24) is 4.90 Å². The van der Waals surface area contributed by atoms with Gasteiger partial charge >= 0.3 is 5.97 Å². The van der Waals surface area contributed by atoms with Gasteiger partial charge in [-0.05, 0) is 73.8 Å². The van der Waals surface area contributed by atoms with Gasteiger partial charge in [-0.2, -0.15) is 0 Å². The molecule has 270 valence electrons. The summed E-state index contributed by atoms with van der Waals surface area (Å²) in [5.41, 5.74) is 1.76. The quantitative estimate of drug-likeness (QED) is 0.112. The summed E-state index contributed by atoms with van der Waals surface area (Å²) in [6, 6.07) is 21.4. The SMILES string of the molecule is COC(=O)CCCCN1C(=O)[C@@]2(O[C@@H](CC(=O)N3Cc4ccccc4C[C@H]3CO)[C@H]([Si](C)(C)F)[C@H]2C)c2cc(NC(=O)c3ccccc3)ccc21. The Morgan fingerprint density at radius 2 is 1.75 bits per heavy atom. The van der Waals surface area contributed by atoms with Crippen LogP contribution < -0.4 is 10.2 Å². The normalized spacial score (nSPS) is 24.0. The number of rotatable bonds is 11. The van der Waals surface area contributed by atoms with Gasteiger partial charge in [0, 0.05) is 47.8 Å². The fraction of sp³-hybridized carbons (Fsp3) is 0.436. The minimum Gasteiger partial charge on any atom is -0.469 e. The zero-order valence-electron chi connectivity index (χ0n) is 29.6. The summed E-state index contributed by atoms with van der Waals surface area (Å²) in [6.45, 7) is 5.39. The van der Waals surface area contributed by atoms with Gasteiger partial charge in [0.15, 0.2) is 5.60 Å². The lowest BCUT2D eigenvalue weighted by Crippen LogP contribution is -2.48. The molecule has 1 fully saturated rings. The van der Waals surface area contributed by atoms with E-state index in [4.69, 9.17) is 9.47 Å². The van der Waals surface area contributed by atoms with E-state index >= 15 is 4.11 Å². The highest BCUT2D eigenvalue weighted by atomic mass is 28.4. The van der Waals surface area contributed by atoms with E-state index in [-0.39, 0.29) is 49.7 Å². The Kier molecular flexibility index (Phi) is 10.5. The van der Waals surface area contributed by atoms with E-state index in [0.717, 1.165) is 11.1 Å². The van der Waals surface area contributed by atoms with Crippen molar-refractivity contribution in [1.29, 1.82) is 0 Å². The molecule has 1 spiro atoms. The molecule has 0 unspecified atom stereocenters. The number of aliphatic hydroxyl groups is 1. The number of methoxy groups -OCH3 is 1. The van der Waals surface area contributed by atoms with Crippen molar-refractivity contribution in [2.75, 3.05) is 30.5 Å². The van der Waals surface area contributed by atoms with Crippen LogP contribution in [-0.2, 0) is 42.4 Å². The van der Waals surface area contributed by atoms with Crippen molar-refractivity contribution in [2.24, 2.45) is 5.92 Å².